The van der Waals surface area contributed by atoms with Gasteiger partial charge in [-0.3, -0.25) is 19.7 Å². The van der Waals surface area contributed by atoms with E-state index in [-0.39, 0.29) is 23.5 Å². The molecule has 8 nitrogen and oxygen atoms in total. The average molecular weight is 446 g/mol. The number of amides is 1. The Morgan fingerprint density at radius 2 is 1.81 bits per heavy atom. The van der Waals surface area contributed by atoms with Crippen molar-refractivity contribution in [2.75, 3.05) is 12.1 Å². The molecule has 1 aliphatic heterocycles. The first kappa shape index (κ1) is 19.7. The molecule has 0 unspecified atom stereocenters. The third-order valence-corrected chi connectivity index (χ3v) is 6.09. The van der Waals surface area contributed by atoms with E-state index in [1.165, 1.54) is 35.6 Å². The Morgan fingerprint density at radius 3 is 2.66 bits per heavy atom. The van der Waals surface area contributed by atoms with Crippen molar-refractivity contribution in [2.45, 2.75) is 0 Å². The van der Waals surface area contributed by atoms with Gasteiger partial charge in [0.1, 0.15) is 5.00 Å². The van der Waals surface area contributed by atoms with Gasteiger partial charge in [0.2, 0.25) is 6.79 Å². The van der Waals surface area contributed by atoms with Crippen LogP contribution in [-0.2, 0) is 0 Å². The van der Waals surface area contributed by atoms with Crippen LogP contribution in [-0.4, -0.2) is 17.6 Å². The second kappa shape index (κ2) is 7.78. The third-order valence-electron chi connectivity index (χ3n) is 5.01. The Labute approximate surface area is 184 Å². The van der Waals surface area contributed by atoms with Gasteiger partial charge in [0.25, 0.3) is 11.6 Å². The van der Waals surface area contributed by atoms with Gasteiger partial charge in [0.15, 0.2) is 16.9 Å². The van der Waals surface area contributed by atoms with Gasteiger partial charge in [-0.2, -0.15) is 0 Å². The summed E-state index contributed by atoms with van der Waals surface area (Å²) in [6.07, 6.45) is 0. The predicted octanol–water partition coefficient (Wildman–Crippen LogP) is 4.82. The van der Waals surface area contributed by atoms with E-state index in [0.717, 1.165) is 0 Å². The van der Waals surface area contributed by atoms with Gasteiger partial charge in [-0.1, -0.05) is 24.3 Å². The van der Waals surface area contributed by atoms with E-state index in [1.807, 2.05) is 6.07 Å². The number of hydrogen-bond donors (Lipinski definition) is 1. The van der Waals surface area contributed by atoms with Crippen LogP contribution in [0.2, 0.25) is 0 Å². The SMILES string of the molecule is O=C(Nc1sc2ccccc2c(=O)c1-c1ccc2c(c1)OCO2)c1cccc([N+](=O)[O-])c1. The van der Waals surface area contributed by atoms with Gasteiger partial charge in [-0.15, -0.1) is 11.3 Å². The van der Waals surface area contributed by atoms with E-state index in [0.29, 0.717) is 37.7 Å². The number of benzene rings is 3. The fourth-order valence-electron chi connectivity index (χ4n) is 3.48. The number of anilines is 1. The fraction of sp³-hybridized carbons (Fsp3) is 0.0435. The lowest BCUT2D eigenvalue weighted by Gasteiger charge is -2.12. The van der Waals surface area contributed by atoms with Gasteiger partial charge >= 0.3 is 0 Å². The highest BCUT2D eigenvalue weighted by Gasteiger charge is 2.21. The molecule has 0 fully saturated rings. The number of carbonyl (C=O) groups is 1. The second-order valence-corrected chi connectivity index (χ2v) is 8.01. The zero-order valence-electron chi connectivity index (χ0n) is 16.4. The summed E-state index contributed by atoms with van der Waals surface area (Å²) in [5.74, 6) is 0.533. The van der Waals surface area contributed by atoms with Crippen LogP contribution in [0.15, 0.2) is 71.5 Å². The number of fused-ring (bicyclic) bond motifs is 2. The van der Waals surface area contributed by atoms with Crippen molar-refractivity contribution in [1.29, 1.82) is 0 Å². The number of hydrogen-bond acceptors (Lipinski definition) is 7. The van der Waals surface area contributed by atoms with E-state index in [9.17, 15) is 19.7 Å². The van der Waals surface area contributed by atoms with Gasteiger partial charge in [0.05, 0.1) is 10.5 Å². The van der Waals surface area contributed by atoms with Crippen LogP contribution >= 0.6 is 11.3 Å². The molecule has 158 valence electrons. The van der Waals surface area contributed by atoms with Crippen LogP contribution in [0.25, 0.3) is 21.2 Å². The molecular weight excluding hydrogens is 432 g/mol. The molecule has 32 heavy (non-hydrogen) atoms. The summed E-state index contributed by atoms with van der Waals surface area (Å²) in [5.41, 5.74) is 0.554. The molecule has 0 saturated heterocycles. The molecule has 2 heterocycles. The Hall–Kier alpha value is -4.24. The maximum Gasteiger partial charge on any atom is 0.270 e. The van der Waals surface area contributed by atoms with E-state index in [2.05, 4.69) is 5.32 Å². The number of carbonyl (C=O) groups excluding carboxylic acids is 1. The summed E-state index contributed by atoms with van der Waals surface area (Å²) < 4.78 is 11.5. The summed E-state index contributed by atoms with van der Waals surface area (Å²) in [7, 11) is 0. The number of nitrogens with zero attached hydrogens (tertiary/aromatic N) is 1. The highest BCUT2D eigenvalue weighted by molar-refractivity contribution is 7.22. The minimum Gasteiger partial charge on any atom is -0.454 e. The molecule has 1 aromatic heterocycles. The summed E-state index contributed by atoms with van der Waals surface area (Å²) in [6.45, 7) is 0.0970. The van der Waals surface area contributed by atoms with E-state index in [4.69, 9.17) is 9.47 Å². The Kier molecular flexibility index (Phi) is 4.79. The monoisotopic (exact) mass is 446 g/mol. The lowest BCUT2D eigenvalue weighted by atomic mass is 10.0. The van der Waals surface area contributed by atoms with Crippen molar-refractivity contribution < 1.29 is 19.2 Å². The first-order chi connectivity index (χ1) is 15.5. The van der Waals surface area contributed by atoms with Gasteiger partial charge < -0.3 is 14.8 Å². The van der Waals surface area contributed by atoms with Crippen molar-refractivity contribution in [2.24, 2.45) is 0 Å². The molecule has 0 spiro atoms. The van der Waals surface area contributed by atoms with Gasteiger partial charge in [0, 0.05) is 27.8 Å². The third kappa shape index (κ3) is 3.44. The van der Waals surface area contributed by atoms with Crippen LogP contribution in [0.1, 0.15) is 10.4 Å². The predicted molar refractivity (Wildman–Crippen MR) is 121 cm³/mol. The molecule has 1 N–H and O–H groups in total. The maximum atomic E-state index is 13.4. The number of rotatable bonds is 4. The van der Waals surface area contributed by atoms with Crippen molar-refractivity contribution in [3.63, 3.8) is 0 Å². The molecule has 4 aromatic rings. The second-order valence-electron chi connectivity index (χ2n) is 6.96. The molecule has 0 aliphatic carbocycles. The number of nitro groups is 1. The number of ether oxygens (including phenoxy) is 2. The molecule has 0 radical (unpaired) electrons. The Bertz CT molecular complexity index is 1460. The summed E-state index contributed by atoms with van der Waals surface area (Å²) >= 11 is 1.25. The lowest BCUT2D eigenvalue weighted by molar-refractivity contribution is -0.384. The van der Waals surface area contributed by atoms with Crippen molar-refractivity contribution in [3.05, 3.63) is 92.6 Å². The Morgan fingerprint density at radius 1 is 1.00 bits per heavy atom. The van der Waals surface area contributed by atoms with E-state index >= 15 is 0 Å². The zero-order valence-corrected chi connectivity index (χ0v) is 17.2. The smallest absolute Gasteiger partial charge is 0.270 e. The Balaban J connectivity index is 1.64. The minimum atomic E-state index is -0.566. The first-order valence-corrected chi connectivity index (χ1v) is 10.3. The van der Waals surface area contributed by atoms with Gasteiger partial charge in [-0.05, 0) is 35.9 Å². The highest BCUT2D eigenvalue weighted by Crippen LogP contribution is 2.39. The molecule has 0 saturated carbocycles. The summed E-state index contributed by atoms with van der Waals surface area (Å²) in [5, 5.41) is 14.7. The molecular formula is C23H14N2O6S. The molecule has 9 heteroatoms. The molecule has 0 bridgehead atoms. The standard InChI is InChI=1S/C23H14N2O6S/c26-21-16-6-1-2-7-19(16)32-23(20(21)13-8-9-17-18(11-13)31-12-30-17)24-22(27)14-4-3-5-15(10-14)25(28)29/h1-11H,12H2,(H,24,27). The molecule has 1 amide bonds. The topological polar surface area (TPSA) is 108 Å². The number of non-ortho nitro benzene ring substituents is 1. The van der Waals surface area contributed by atoms with Crippen LogP contribution in [0.3, 0.4) is 0 Å². The molecule has 1 aliphatic rings. The fourth-order valence-corrected chi connectivity index (χ4v) is 4.57. The molecule has 0 atom stereocenters. The summed E-state index contributed by atoms with van der Waals surface area (Å²) in [6, 6.07) is 17.7. The van der Waals surface area contributed by atoms with Crippen molar-refractivity contribution >= 4 is 38.0 Å². The quantitative estimate of drug-likeness (QED) is 0.356. The van der Waals surface area contributed by atoms with E-state index in [1.54, 1.807) is 36.4 Å². The lowest BCUT2D eigenvalue weighted by Crippen LogP contribution is -2.15. The zero-order chi connectivity index (χ0) is 22.2. The normalized spacial score (nSPS) is 12.0. The average Bonchev–Trinajstić information content (AvgIpc) is 3.27. The van der Waals surface area contributed by atoms with Crippen LogP contribution < -0.4 is 20.2 Å². The first-order valence-electron chi connectivity index (χ1n) is 9.53. The highest BCUT2D eigenvalue weighted by atomic mass is 32.1. The summed E-state index contributed by atoms with van der Waals surface area (Å²) in [4.78, 5) is 36.8. The molecule has 3 aromatic carbocycles. The number of nitrogens with one attached hydrogen (secondary N) is 1. The van der Waals surface area contributed by atoms with Crippen LogP contribution in [0.4, 0.5) is 10.7 Å². The van der Waals surface area contributed by atoms with Crippen LogP contribution in [0.5, 0.6) is 11.5 Å². The van der Waals surface area contributed by atoms with Crippen molar-refractivity contribution in [1.82, 2.24) is 0 Å². The van der Waals surface area contributed by atoms with Crippen molar-refractivity contribution in [3.8, 4) is 22.6 Å². The maximum absolute atomic E-state index is 13.4. The molecule has 5 rings (SSSR count). The largest absolute Gasteiger partial charge is 0.454 e. The number of nitro benzene ring substituents is 1. The van der Waals surface area contributed by atoms with Crippen LogP contribution in [0, 0.1) is 10.1 Å². The van der Waals surface area contributed by atoms with E-state index < -0.39 is 10.8 Å². The van der Waals surface area contributed by atoms with Gasteiger partial charge in [-0.25, -0.2) is 0 Å². The minimum absolute atomic E-state index is 0.0970.